The third-order valence-electron chi connectivity index (χ3n) is 3.30. The Bertz CT molecular complexity index is 974. The summed E-state index contributed by atoms with van der Waals surface area (Å²) in [5.74, 6) is -10.5. The van der Waals surface area contributed by atoms with Gasteiger partial charge in [0, 0.05) is 0 Å². The van der Waals surface area contributed by atoms with E-state index < -0.39 is 34.6 Å². The third-order valence-corrected chi connectivity index (χ3v) is 3.30. The summed E-state index contributed by atoms with van der Waals surface area (Å²) >= 11 is 0. The number of aromatic nitrogens is 2. The fourth-order valence-corrected chi connectivity index (χ4v) is 2.13. The predicted molar refractivity (Wildman–Crippen MR) is 83.1 cm³/mol. The van der Waals surface area contributed by atoms with Gasteiger partial charge in [-0.2, -0.15) is 5.26 Å². The van der Waals surface area contributed by atoms with Crippen molar-refractivity contribution in [3.63, 3.8) is 0 Å². The standard InChI is InChI=1S/C16H6F5N3.ClH/c17-11-8(12(18)14(20)15(21)13(11)19)5-7(6-22)16-23-9-3-1-2-4-10(9)24-16;/h1-5H,(H,23,24);1H. The number of fused-ring (bicyclic) bond motifs is 1. The number of rotatable bonds is 2. The molecule has 0 radical (unpaired) electrons. The Hall–Kier alpha value is -2.92. The molecular weight excluding hydrogens is 365 g/mol. The van der Waals surface area contributed by atoms with E-state index in [4.69, 9.17) is 5.26 Å². The Labute approximate surface area is 143 Å². The van der Waals surface area contributed by atoms with Gasteiger partial charge in [-0.15, -0.1) is 12.4 Å². The van der Waals surface area contributed by atoms with Crippen molar-refractivity contribution in [3.05, 3.63) is 64.7 Å². The van der Waals surface area contributed by atoms with E-state index in [0.717, 1.165) is 0 Å². The van der Waals surface area contributed by atoms with Gasteiger partial charge in [-0.05, 0) is 18.2 Å². The number of H-pyrrole nitrogens is 1. The Morgan fingerprint density at radius 3 is 2.08 bits per heavy atom. The van der Waals surface area contributed by atoms with Gasteiger partial charge in [-0.1, -0.05) is 12.1 Å². The number of allylic oxidation sites excluding steroid dienone is 1. The second kappa shape index (κ2) is 6.91. The van der Waals surface area contributed by atoms with Gasteiger partial charge in [-0.3, -0.25) is 0 Å². The summed E-state index contributed by atoms with van der Waals surface area (Å²) in [7, 11) is 0. The molecule has 0 amide bonds. The van der Waals surface area contributed by atoms with Crippen LogP contribution in [0.1, 0.15) is 11.4 Å². The molecule has 1 heterocycles. The fraction of sp³-hybridized carbons (Fsp3) is 0. The van der Waals surface area contributed by atoms with Crippen molar-refractivity contribution in [2.75, 3.05) is 0 Å². The first-order chi connectivity index (χ1) is 11.4. The molecule has 25 heavy (non-hydrogen) atoms. The minimum Gasteiger partial charge on any atom is -0.337 e. The minimum absolute atomic E-state index is 0. The molecule has 3 aromatic rings. The maximum atomic E-state index is 13.7. The SMILES string of the molecule is Cl.N#CC(=Cc1c(F)c(F)c(F)c(F)c1F)c1nc2ccccc2[nH]1. The summed E-state index contributed by atoms with van der Waals surface area (Å²) in [4.78, 5) is 6.79. The van der Waals surface area contributed by atoms with E-state index in [2.05, 4.69) is 9.97 Å². The number of hydrogen-bond acceptors (Lipinski definition) is 2. The number of halogens is 6. The van der Waals surface area contributed by atoms with Crippen molar-refractivity contribution in [1.29, 1.82) is 5.26 Å². The van der Waals surface area contributed by atoms with Crippen molar-refractivity contribution >= 4 is 35.1 Å². The van der Waals surface area contributed by atoms with Crippen LogP contribution in [0.3, 0.4) is 0 Å². The van der Waals surface area contributed by atoms with Crippen LogP contribution >= 0.6 is 12.4 Å². The number of nitrogens with one attached hydrogen (secondary N) is 1. The Kier molecular flexibility index (Phi) is 5.09. The number of aromatic amines is 1. The number of nitrogens with zero attached hydrogens (tertiary/aromatic N) is 2. The van der Waals surface area contributed by atoms with E-state index in [1.165, 1.54) is 0 Å². The van der Waals surface area contributed by atoms with Crippen LogP contribution in [-0.4, -0.2) is 9.97 Å². The molecule has 0 aliphatic heterocycles. The molecular formula is C16H7ClF5N3. The highest BCUT2D eigenvalue weighted by atomic mass is 35.5. The molecule has 3 rings (SSSR count). The highest BCUT2D eigenvalue weighted by molar-refractivity contribution is 5.90. The van der Waals surface area contributed by atoms with Crippen LogP contribution in [0.4, 0.5) is 22.0 Å². The van der Waals surface area contributed by atoms with Crippen molar-refractivity contribution in [3.8, 4) is 6.07 Å². The Morgan fingerprint density at radius 2 is 1.52 bits per heavy atom. The van der Waals surface area contributed by atoms with Crippen LogP contribution in [0.2, 0.25) is 0 Å². The van der Waals surface area contributed by atoms with Gasteiger partial charge in [0.2, 0.25) is 5.82 Å². The van der Waals surface area contributed by atoms with E-state index in [0.29, 0.717) is 17.1 Å². The second-order valence-corrected chi connectivity index (χ2v) is 4.76. The van der Waals surface area contributed by atoms with Gasteiger partial charge in [0.25, 0.3) is 0 Å². The van der Waals surface area contributed by atoms with E-state index >= 15 is 0 Å². The van der Waals surface area contributed by atoms with Gasteiger partial charge in [0.1, 0.15) is 11.9 Å². The van der Waals surface area contributed by atoms with E-state index in [9.17, 15) is 22.0 Å². The summed E-state index contributed by atoms with van der Waals surface area (Å²) in [6.45, 7) is 0. The summed E-state index contributed by atoms with van der Waals surface area (Å²) in [6, 6.07) is 8.30. The van der Waals surface area contributed by atoms with Gasteiger partial charge < -0.3 is 4.98 Å². The van der Waals surface area contributed by atoms with Crippen LogP contribution in [0.5, 0.6) is 0 Å². The number of nitriles is 1. The zero-order valence-electron chi connectivity index (χ0n) is 12.1. The fourth-order valence-electron chi connectivity index (χ4n) is 2.13. The zero-order chi connectivity index (χ0) is 17.4. The first-order valence-electron chi connectivity index (χ1n) is 6.52. The Balaban J connectivity index is 0.00000225. The van der Waals surface area contributed by atoms with Gasteiger partial charge in [-0.25, -0.2) is 26.9 Å². The van der Waals surface area contributed by atoms with E-state index in [1.807, 2.05) is 0 Å². The number of hydrogen-bond donors (Lipinski definition) is 1. The van der Waals surface area contributed by atoms with Crippen LogP contribution in [-0.2, 0) is 0 Å². The smallest absolute Gasteiger partial charge is 0.200 e. The maximum absolute atomic E-state index is 13.7. The molecule has 0 saturated carbocycles. The molecule has 1 aromatic heterocycles. The zero-order valence-corrected chi connectivity index (χ0v) is 12.9. The topological polar surface area (TPSA) is 52.5 Å². The molecule has 9 heteroatoms. The average Bonchev–Trinajstić information content (AvgIpc) is 3.02. The summed E-state index contributed by atoms with van der Waals surface area (Å²) in [6.07, 6.45) is 0.563. The monoisotopic (exact) mass is 371 g/mol. The van der Waals surface area contributed by atoms with Crippen LogP contribution < -0.4 is 0 Å². The Morgan fingerprint density at radius 1 is 0.960 bits per heavy atom. The number of benzene rings is 2. The normalized spacial score (nSPS) is 11.3. The number of imidazole rings is 1. The highest BCUT2D eigenvalue weighted by Crippen LogP contribution is 2.27. The van der Waals surface area contributed by atoms with Crippen molar-refractivity contribution in [1.82, 2.24) is 9.97 Å². The summed E-state index contributed by atoms with van der Waals surface area (Å²) in [5, 5.41) is 9.16. The molecule has 0 atom stereocenters. The third kappa shape index (κ3) is 3.06. The van der Waals surface area contributed by atoms with Gasteiger partial charge in [0.15, 0.2) is 23.3 Å². The lowest BCUT2D eigenvalue weighted by Gasteiger charge is -2.04. The van der Waals surface area contributed by atoms with E-state index in [-0.39, 0.29) is 23.8 Å². The molecule has 0 spiro atoms. The van der Waals surface area contributed by atoms with Crippen molar-refractivity contribution in [2.24, 2.45) is 0 Å². The maximum Gasteiger partial charge on any atom is 0.200 e. The molecule has 0 aliphatic rings. The largest absolute Gasteiger partial charge is 0.337 e. The predicted octanol–water partition coefficient (Wildman–Crippen LogP) is 4.74. The summed E-state index contributed by atoms with van der Waals surface area (Å²) in [5.41, 5.74) is -0.560. The lowest BCUT2D eigenvalue weighted by Crippen LogP contribution is -2.04. The highest BCUT2D eigenvalue weighted by Gasteiger charge is 2.25. The van der Waals surface area contributed by atoms with E-state index in [1.54, 1.807) is 30.3 Å². The first-order valence-corrected chi connectivity index (χ1v) is 6.52. The summed E-state index contributed by atoms with van der Waals surface area (Å²) < 4.78 is 66.9. The lowest BCUT2D eigenvalue weighted by atomic mass is 10.1. The molecule has 2 aromatic carbocycles. The van der Waals surface area contributed by atoms with Crippen LogP contribution in [0.25, 0.3) is 22.7 Å². The molecule has 1 N–H and O–H groups in total. The molecule has 0 saturated heterocycles. The van der Waals surface area contributed by atoms with Gasteiger partial charge >= 0.3 is 0 Å². The first kappa shape index (κ1) is 18.4. The molecule has 0 bridgehead atoms. The van der Waals surface area contributed by atoms with Crippen molar-refractivity contribution in [2.45, 2.75) is 0 Å². The van der Waals surface area contributed by atoms with Gasteiger partial charge in [0.05, 0.1) is 22.2 Å². The lowest BCUT2D eigenvalue weighted by molar-refractivity contribution is 0.377. The molecule has 0 fully saturated rings. The molecule has 0 unspecified atom stereocenters. The number of para-hydroxylation sites is 2. The second-order valence-electron chi connectivity index (χ2n) is 4.76. The minimum atomic E-state index is -2.26. The quantitative estimate of drug-likeness (QED) is 0.306. The average molecular weight is 372 g/mol. The van der Waals surface area contributed by atoms with Crippen molar-refractivity contribution < 1.29 is 22.0 Å². The van der Waals surface area contributed by atoms with Crippen LogP contribution in [0, 0.1) is 40.4 Å². The molecule has 128 valence electrons. The molecule has 0 aliphatic carbocycles. The van der Waals surface area contributed by atoms with Crippen LogP contribution in [0.15, 0.2) is 24.3 Å². The molecule has 3 nitrogen and oxygen atoms in total.